The van der Waals surface area contributed by atoms with Crippen LogP contribution in [0.5, 0.6) is 0 Å². The SMILES string of the molecule is Cc1cc(-c2ccccc2)n(-c2ccc(S(N)(=O)=O)cn2)n1. The molecule has 0 aliphatic heterocycles. The summed E-state index contributed by atoms with van der Waals surface area (Å²) in [5.74, 6) is 0.527. The predicted molar refractivity (Wildman–Crippen MR) is 82.9 cm³/mol. The van der Waals surface area contributed by atoms with E-state index in [2.05, 4.69) is 10.1 Å². The molecule has 0 spiro atoms. The molecule has 22 heavy (non-hydrogen) atoms. The van der Waals surface area contributed by atoms with E-state index < -0.39 is 10.0 Å². The second kappa shape index (κ2) is 5.36. The van der Waals surface area contributed by atoms with Crippen molar-refractivity contribution in [3.05, 3.63) is 60.4 Å². The van der Waals surface area contributed by atoms with E-state index in [0.29, 0.717) is 5.82 Å². The molecule has 3 rings (SSSR count). The standard InChI is InChI=1S/C15H14N4O2S/c1-11-9-14(12-5-3-2-4-6-12)19(18-11)15-8-7-13(10-17-15)22(16,20)21/h2-10H,1H3,(H2,16,20,21). The van der Waals surface area contributed by atoms with Crippen LogP contribution in [0.25, 0.3) is 17.1 Å². The van der Waals surface area contributed by atoms with E-state index in [-0.39, 0.29) is 4.90 Å². The lowest BCUT2D eigenvalue weighted by molar-refractivity contribution is 0.597. The second-order valence-corrected chi connectivity index (χ2v) is 6.41. The van der Waals surface area contributed by atoms with Gasteiger partial charge in [-0.3, -0.25) is 0 Å². The quantitative estimate of drug-likeness (QED) is 0.799. The molecule has 7 heteroatoms. The molecule has 0 fully saturated rings. The van der Waals surface area contributed by atoms with Gasteiger partial charge in [-0.15, -0.1) is 0 Å². The van der Waals surface area contributed by atoms with Gasteiger partial charge in [0.1, 0.15) is 4.90 Å². The molecule has 112 valence electrons. The summed E-state index contributed by atoms with van der Waals surface area (Å²) in [4.78, 5) is 4.13. The fraction of sp³-hybridized carbons (Fsp3) is 0.0667. The number of hydrogen-bond donors (Lipinski definition) is 1. The molecular formula is C15H14N4O2S. The molecular weight excluding hydrogens is 300 g/mol. The fourth-order valence-corrected chi connectivity index (χ4v) is 2.61. The van der Waals surface area contributed by atoms with Gasteiger partial charge in [-0.2, -0.15) is 5.10 Å². The molecule has 2 heterocycles. The minimum absolute atomic E-state index is 0.0265. The Labute approximate surface area is 128 Å². The Morgan fingerprint density at radius 3 is 2.41 bits per heavy atom. The van der Waals surface area contributed by atoms with Gasteiger partial charge in [-0.25, -0.2) is 23.2 Å². The maximum atomic E-state index is 11.3. The topological polar surface area (TPSA) is 90.9 Å². The van der Waals surface area contributed by atoms with Gasteiger partial charge in [0.25, 0.3) is 0 Å². The van der Waals surface area contributed by atoms with Crippen molar-refractivity contribution in [3.8, 4) is 17.1 Å². The van der Waals surface area contributed by atoms with E-state index in [1.165, 1.54) is 12.3 Å². The zero-order valence-electron chi connectivity index (χ0n) is 11.8. The van der Waals surface area contributed by atoms with Crippen LogP contribution in [-0.4, -0.2) is 23.2 Å². The summed E-state index contributed by atoms with van der Waals surface area (Å²) in [6, 6.07) is 14.7. The van der Waals surface area contributed by atoms with E-state index in [0.717, 1.165) is 17.0 Å². The number of aryl methyl sites for hydroxylation is 1. The third-order valence-electron chi connectivity index (χ3n) is 3.17. The van der Waals surface area contributed by atoms with Crippen molar-refractivity contribution in [2.75, 3.05) is 0 Å². The summed E-state index contributed by atoms with van der Waals surface area (Å²) < 4.78 is 24.3. The van der Waals surface area contributed by atoms with Crippen LogP contribution in [0.3, 0.4) is 0 Å². The molecule has 0 unspecified atom stereocenters. The van der Waals surface area contributed by atoms with E-state index in [1.54, 1.807) is 10.7 Å². The van der Waals surface area contributed by atoms with Gasteiger partial charge in [-0.05, 0) is 25.1 Å². The van der Waals surface area contributed by atoms with Crippen LogP contribution in [0.15, 0.2) is 59.6 Å². The molecule has 0 saturated carbocycles. The minimum Gasteiger partial charge on any atom is -0.236 e. The Bertz CT molecular complexity index is 900. The third kappa shape index (κ3) is 2.76. The van der Waals surface area contributed by atoms with Gasteiger partial charge in [0, 0.05) is 11.8 Å². The minimum atomic E-state index is -3.75. The average Bonchev–Trinajstić information content (AvgIpc) is 2.89. The Hall–Kier alpha value is -2.51. The van der Waals surface area contributed by atoms with Crippen LogP contribution in [0.1, 0.15) is 5.69 Å². The van der Waals surface area contributed by atoms with Crippen LogP contribution in [0.2, 0.25) is 0 Å². The fourth-order valence-electron chi connectivity index (χ4n) is 2.15. The average molecular weight is 314 g/mol. The Balaban J connectivity index is 2.10. The van der Waals surface area contributed by atoms with Crippen LogP contribution in [0.4, 0.5) is 0 Å². The summed E-state index contributed by atoms with van der Waals surface area (Å²) in [5.41, 5.74) is 2.73. The van der Waals surface area contributed by atoms with E-state index in [9.17, 15) is 8.42 Å². The summed E-state index contributed by atoms with van der Waals surface area (Å²) in [6.45, 7) is 1.89. The van der Waals surface area contributed by atoms with Crippen molar-refractivity contribution >= 4 is 10.0 Å². The second-order valence-electron chi connectivity index (χ2n) is 4.85. The lowest BCUT2D eigenvalue weighted by Crippen LogP contribution is -2.13. The zero-order chi connectivity index (χ0) is 15.7. The van der Waals surface area contributed by atoms with Gasteiger partial charge in [0.05, 0.1) is 11.4 Å². The third-order valence-corrected chi connectivity index (χ3v) is 4.07. The van der Waals surface area contributed by atoms with E-state index in [1.807, 2.05) is 43.3 Å². The van der Waals surface area contributed by atoms with Crippen molar-refractivity contribution in [3.63, 3.8) is 0 Å². The lowest BCUT2D eigenvalue weighted by Gasteiger charge is -2.07. The molecule has 0 amide bonds. The number of nitrogens with two attached hydrogens (primary N) is 1. The summed E-state index contributed by atoms with van der Waals surface area (Å²) in [6.07, 6.45) is 1.23. The molecule has 1 aromatic carbocycles. The van der Waals surface area contributed by atoms with Crippen molar-refractivity contribution < 1.29 is 8.42 Å². The van der Waals surface area contributed by atoms with Crippen LogP contribution in [0, 0.1) is 6.92 Å². The Morgan fingerprint density at radius 2 is 1.82 bits per heavy atom. The lowest BCUT2D eigenvalue weighted by atomic mass is 10.1. The van der Waals surface area contributed by atoms with Gasteiger partial charge in [0.15, 0.2) is 5.82 Å². The first-order chi connectivity index (χ1) is 10.4. The number of nitrogens with zero attached hydrogens (tertiary/aromatic N) is 3. The molecule has 6 nitrogen and oxygen atoms in total. The molecule has 0 aliphatic carbocycles. The van der Waals surface area contributed by atoms with Gasteiger partial charge >= 0.3 is 0 Å². The number of primary sulfonamides is 1. The smallest absolute Gasteiger partial charge is 0.236 e. The highest BCUT2D eigenvalue weighted by molar-refractivity contribution is 7.89. The Kier molecular flexibility index (Phi) is 3.51. The number of rotatable bonds is 3. The van der Waals surface area contributed by atoms with Crippen molar-refractivity contribution in [2.24, 2.45) is 5.14 Å². The first-order valence-electron chi connectivity index (χ1n) is 6.56. The predicted octanol–water partition coefficient (Wildman–Crippen LogP) is 1.89. The molecule has 0 bridgehead atoms. The Morgan fingerprint density at radius 1 is 1.09 bits per heavy atom. The highest BCUT2D eigenvalue weighted by Gasteiger charge is 2.12. The van der Waals surface area contributed by atoms with Gasteiger partial charge in [0.2, 0.25) is 10.0 Å². The van der Waals surface area contributed by atoms with Crippen LogP contribution in [-0.2, 0) is 10.0 Å². The molecule has 0 aliphatic rings. The monoisotopic (exact) mass is 314 g/mol. The number of benzene rings is 1. The number of pyridine rings is 1. The molecule has 0 radical (unpaired) electrons. The van der Waals surface area contributed by atoms with E-state index in [4.69, 9.17) is 5.14 Å². The van der Waals surface area contributed by atoms with Gasteiger partial charge in [-0.1, -0.05) is 30.3 Å². The van der Waals surface area contributed by atoms with Crippen LogP contribution >= 0.6 is 0 Å². The molecule has 0 atom stereocenters. The normalized spacial score (nSPS) is 11.5. The summed E-state index contributed by atoms with van der Waals surface area (Å²) >= 11 is 0. The first-order valence-corrected chi connectivity index (χ1v) is 8.11. The molecule has 3 aromatic rings. The zero-order valence-corrected chi connectivity index (χ0v) is 12.7. The van der Waals surface area contributed by atoms with Crippen LogP contribution < -0.4 is 5.14 Å². The molecule has 2 N–H and O–H groups in total. The number of sulfonamides is 1. The molecule has 2 aromatic heterocycles. The maximum Gasteiger partial charge on any atom is 0.239 e. The van der Waals surface area contributed by atoms with Crippen molar-refractivity contribution in [1.29, 1.82) is 0 Å². The summed E-state index contributed by atoms with van der Waals surface area (Å²) in [7, 11) is -3.75. The summed E-state index contributed by atoms with van der Waals surface area (Å²) in [5, 5.41) is 9.50. The number of hydrogen-bond acceptors (Lipinski definition) is 4. The highest BCUT2D eigenvalue weighted by atomic mass is 32.2. The maximum absolute atomic E-state index is 11.3. The van der Waals surface area contributed by atoms with Gasteiger partial charge < -0.3 is 0 Å². The van der Waals surface area contributed by atoms with Crippen molar-refractivity contribution in [1.82, 2.24) is 14.8 Å². The van der Waals surface area contributed by atoms with Crippen molar-refractivity contribution in [2.45, 2.75) is 11.8 Å². The largest absolute Gasteiger partial charge is 0.239 e. The van der Waals surface area contributed by atoms with E-state index >= 15 is 0 Å². The first kappa shape index (κ1) is 14.4. The highest BCUT2D eigenvalue weighted by Crippen LogP contribution is 2.23. The molecule has 0 saturated heterocycles. The number of aromatic nitrogens is 3.